The van der Waals surface area contributed by atoms with Gasteiger partial charge >= 0.3 is 0 Å². The van der Waals surface area contributed by atoms with E-state index < -0.39 is 12.0 Å². The second-order valence-electron chi connectivity index (χ2n) is 7.89. The molecule has 0 radical (unpaired) electrons. The van der Waals surface area contributed by atoms with E-state index in [-0.39, 0.29) is 17.5 Å². The number of morpholine rings is 1. The molecule has 1 aromatic heterocycles. The van der Waals surface area contributed by atoms with E-state index in [4.69, 9.17) is 21.8 Å². The third-order valence-corrected chi connectivity index (χ3v) is 5.54. The van der Waals surface area contributed by atoms with Crippen LogP contribution in [-0.2, 0) is 14.4 Å². The molecule has 2 aromatic carbocycles. The minimum absolute atomic E-state index is 0.232. The zero-order valence-electron chi connectivity index (χ0n) is 19.4. The molecule has 0 saturated carbocycles. The predicted molar refractivity (Wildman–Crippen MR) is 134 cm³/mol. The summed E-state index contributed by atoms with van der Waals surface area (Å²) in [6.07, 6.45) is 0.148. The number of anilines is 2. The predicted octanol–water partition coefficient (Wildman–Crippen LogP) is 2.03. The molecule has 1 unspecified atom stereocenters. The monoisotopic (exact) mass is 491 g/mol. The van der Waals surface area contributed by atoms with Crippen molar-refractivity contribution in [2.75, 3.05) is 36.5 Å². The first-order chi connectivity index (χ1) is 17.5. The van der Waals surface area contributed by atoms with Crippen molar-refractivity contribution in [3.8, 4) is 0 Å². The topological polar surface area (TPSA) is 152 Å². The van der Waals surface area contributed by atoms with Crippen molar-refractivity contribution >= 4 is 28.9 Å². The molecular weight excluding hydrogens is 465 g/mol. The summed E-state index contributed by atoms with van der Waals surface area (Å²) in [5.41, 5.74) is 9.83. The number of carbonyl (C=O) groups excluding carboxylic acids is 1. The van der Waals surface area contributed by atoms with Crippen LogP contribution in [0.4, 0.5) is 15.8 Å². The van der Waals surface area contributed by atoms with Crippen LogP contribution in [0.2, 0.25) is 0 Å². The lowest BCUT2D eigenvalue weighted by Crippen LogP contribution is -2.37. The Morgan fingerprint density at radius 1 is 1.14 bits per heavy atom. The number of carbonyl (C=O) groups is 1. The second kappa shape index (κ2) is 11.5. The largest absolute Gasteiger partial charge is 0.389 e. The number of rotatable bonds is 3. The third-order valence-electron chi connectivity index (χ3n) is 5.54. The molecule has 10 nitrogen and oxygen atoms in total. The number of benzodiazepines with no additional fused rings is 1. The zero-order valence-corrected chi connectivity index (χ0v) is 19.4. The number of nitrogens with zero attached hydrogens (tertiary/aromatic N) is 3. The van der Waals surface area contributed by atoms with Gasteiger partial charge in [0, 0.05) is 30.3 Å². The summed E-state index contributed by atoms with van der Waals surface area (Å²) in [5.74, 6) is 3.90. The van der Waals surface area contributed by atoms with Crippen molar-refractivity contribution in [2.45, 2.75) is 6.17 Å². The van der Waals surface area contributed by atoms with Crippen LogP contribution < -0.4 is 21.8 Å². The second-order valence-corrected chi connectivity index (χ2v) is 7.89. The summed E-state index contributed by atoms with van der Waals surface area (Å²) in [5, 5.41) is 10.3. The number of ether oxygens (including phenoxy) is 1. The molecule has 11 heteroatoms. The van der Waals surface area contributed by atoms with Crippen LogP contribution >= 0.6 is 0 Å². The van der Waals surface area contributed by atoms with Gasteiger partial charge in [-0.15, -0.1) is 0 Å². The van der Waals surface area contributed by atoms with E-state index in [1.807, 2.05) is 59.5 Å². The number of fused-ring (bicyclic) bond motifs is 1. The first kappa shape index (κ1) is 24.9. The Kier molecular flexibility index (Phi) is 7.95. The van der Waals surface area contributed by atoms with Crippen molar-refractivity contribution in [1.29, 1.82) is 5.41 Å². The summed E-state index contributed by atoms with van der Waals surface area (Å²) in [4.78, 5) is 26.2. The van der Waals surface area contributed by atoms with Gasteiger partial charge in [-0.1, -0.05) is 48.5 Å². The Labute approximate surface area is 207 Å². The zero-order chi connectivity index (χ0) is 25.5. The fraction of sp³-hybridized carbons (Fsp3) is 0.200. The number of aliphatic imine (C=N–C) groups is 1. The van der Waals surface area contributed by atoms with E-state index in [1.165, 1.54) is 6.07 Å². The maximum Gasteiger partial charge on any atom is 0.263 e. The number of halogens is 1. The molecule has 5 rings (SSSR count). The van der Waals surface area contributed by atoms with Crippen LogP contribution in [0.1, 0.15) is 16.8 Å². The number of aromatic nitrogens is 1. The van der Waals surface area contributed by atoms with Gasteiger partial charge in [-0.2, -0.15) is 5.90 Å². The number of para-hydroxylation sites is 1. The molecule has 1 saturated heterocycles. The molecule has 0 bridgehead atoms. The highest BCUT2D eigenvalue weighted by Crippen LogP contribution is 2.23. The quantitative estimate of drug-likeness (QED) is 0.249. The van der Waals surface area contributed by atoms with Crippen molar-refractivity contribution < 1.29 is 18.8 Å². The highest BCUT2D eigenvalue weighted by molar-refractivity contribution is 6.19. The lowest BCUT2D eigenvalue weighted by atomic mass is 10.0. The Morgan fingerprint density at radius 3 is 2.56 bits per heavy atom. The molecule has 1 amide bonds. The number of amides is 1. The summed E-state index contributed by atoms with van der Waals surface area (Å²) in [7, 11) is 0. The Morgan fingerprint density at radius 2 is 1.83 bits per heavy atom. The summed E-state index contributed by atoms with van der Waals surface area (Å²) in [6.45, 7) is 2.37. The third kappa shape index (κ3) is 5.71. The van der Waals surface area contributed by atoms with E-state index in [0.717, 1.165) is 28.7 Å². The summed E-state index contributed by atoms with van der Waals surface area (Å²) < 4.78 is 18.4. The van der Waals surface area contributed by atoms with Gasteiger partial charge in [0.2, 0.25) is 0 Å². The van der Waals surface area contributed by atoms with Crippen LogP contribution in [0, 0.1) is 11.2 Å². The average molecular weight is 492 g/mol. The minimum atomic E-state index is -0.886. The highest BCUT2D eigenvalue weighted by atomic mass is 19.1. The number of hydrogen-bond acceptors (Lipinski definition) is 9. The van der Waals surface area contributed by atoms with Crippen molar-refractivity contribution in [3.63, 3.8) is 0 Å². The van der Waals surface area contributed by atoms with E-state index >= 15 is 0 Å². The van der Waals surface area contributed by atoms with Crippen LogP contribution in [-0.4, -0.2) is 55.0 Å². The smallest absolute Gasteiger partial charge is 0.263 e. The van der Waals surface area contributed by atoms with Crippen molar-refractivity contribution in [2.24, 2.45) is 16.6 Å². The van der Waals surface area contributed by atoms with Gasteiger partial charge in [-0.25, -0.2) is 9.37 Å². The van der Waals surface area contributed by atoms with Gasteiger partial charge in [0.05, 0.1) is 36.5 Å². The Hall–Kier alpha value is -4.19. The number of pyridine rings is 1. The van der Waals surface area contributed by atoms with Gasteiger partial charge in [0.1, 0.15) is 5.82 Å². The summed E-state index contributed by atoms with van der Waals surface area (Å²) >= 11 is 0. The van der Waals surface area contributed by atoms with E-state index in [9.17, 15) is 9.18 Å². The lowest BCUT2D eigenvalue weighted by molar-refractivity contribution is -0.117. The first-order valence-corrected chi connectivity index (χ1v) is 11.2. The molecular formula is C25H26FN7O3. The van der Waals surface area contributed by atoms with Crippen molar-refractivity contribution in [1.82, 2.24) is 4.98 Å². The summed E-state index contributed by atoms with van der Waals surface area (Å²) in [6, 6.07) is 18.6. The van der Waals surface area contributed by atoms with E-state index in [1.54, 1.807) is 0 Å². The number of nitrogens with one attached hydrogen (secondary N) is 2. The Balaban J connectivity index is 0.000000170. The molecule has 0 spiro atoms. The lowest BCUT2D eigenvalue weighted by Gasteiger charge is -2.29. The SMILES string of the molecule is N=C(ON)c1ncc(F)cc1N1CCOCC1.NC1N=C(c2ccccc2)c2ccccc2NC1=O. The molecule has 0 aliphatic carbocycles. The van der Waals surface area contributed by atoms with Gasteiger partial charge in [0.25, 0.3) is 11.8 Å². The molecule has 3 aromatic rings. The van der Waals surface area contributed by atoms with Crippen LogP contribution in [0.5, 0.6) is 0 Å². The maximum absolute atomic E-state index is 13.2. The minimum Gasteiger partial charge on any atom is -0.389 e. The molecule has 2 aliphatic heterocycles. The molecule has 6 N–H and O–H groups in total. The molecule has 36 heavy (non-hydrogen) atoms. The molecule has 1 atom stereocenters. The number of benzene rings is 2. The standard InChI is InChI=1S/C15H13N3O.C10H13FN4O2/c16-14-15(19)17-12-9-5-4-8-11(12)13(18-14)10-6-2-1-3-7-10;11-7-5-8(15-1-3-16-4-2-15)9(14-6-7)10(12)17-13/h1-9,14H,16H2,(H,17,19);5-6,12H,1-4,13H2. The molecule has 186 valence electrons. The fourth-order valence-corrected chi connectivity index (χ4v) is 3.80. The number of hydrogen-bond donors (Lipinski definition) is 4. The highest BCUT2D eigenvalue weighted by Gasteiger charge is 2.22. The molecule has 3 heterocycles. The van der Waals surface area contributed by atoms with Crippen LogP contribution in [0.3, 0.4) is 0 Å². The first-order valence-electron chi connectivity index (χ1n) is 11.2. The molecule has 2 aliphatic rings. The average Bonchev–Trinajstić information content (AvgIpc) is 3.05. The van der Waals surface area contributed by atoms with Gasteiger partial charge in [-0.3, -0.25) is 15.2 Å². The van der Waals surface area contributed by atoms with E-state index in [2.05, 4.69) is 20.1 Å². The maximum atomic E-state index is 13.2. The number of nitrogens with two attached hydrogens (primary N) is 2. The fourth-order valence-electron chi connectivity index (χ4n) is 3.80. The van der Waals surface area contributed by atoms with Crippen LogP contribution in [0.25, 0.3) is 0 Å². The molecule has 1 fully saturated rings. The normalized spacial score (nSPS) is 17.0. The van der Waals surface area contributed by atoms with E-state index in [0.29, 0.717) is 32.0 Å². The van der Waals surface area contributed by atoms with Crippen LogP contribution in [0.15, 0.2) is 71.9 Å². The van der Waals surface area contributed by atoms with Gasteiger partial charge in [-0.05, 0) is 6.07 Å². The van der Waals surface area contributed by atoms with Gasteiger partial charge < -0.3 is 25.5 Å². The van der Waals surface area contributed by atoms with Crippen molar-refractivity contribution in [3.05, 3.63) is 89.5 Å². The van der Waals surface area contributed by atoms with Gasteiger partial charge in [0.15, 0.2) is 11.9 Å². The Bertz CT molecular complexity index is 1260.